The summed E-state index contributed by atoms with van der Waals surface area (Å²) >= 11 is 0. The molecule has 0 aliphatic carbocycles. The van der Waals surface area contributed by atoms with Crippen molar-refractivity contribution >= 4 is 11.4 Å². The summed E-state index contributed by atoms with van der Waals surface area (Å²) in [4.78, 5) is 2.41. The van der Waals surface area contributed by atoms with Gasteiger partial charge in [0.15, 0.2) is 0 Å². The minimum absolute atomic E-state index is 0.254. The van der Waals surface area contributed by atoms with E-state index in [-0.39, 0.29) is 6.10 Å². The first-order chi connectivity index (χ1) is 12.7. The number of nitrogens with one attached hydrogen (secondary N) is 1. The molecule has 0 unspecified atom stereocenters. The summed E-state index contributed by atoms with van der Waals surface area (Å²) in [6.07, 6.45) is 2.31. The van der Waals surface area contributed by atoms with E-state index in [1.54, 1.807) is 7.11 Å². The summed E-state index contributed by atoms with van der Waals surface area (Å²) in [6, 6.07) is 15.2. The Morgan fingerprint density at radius 2 is 1.81 bits per heavy atom. The number of rotatable bonds is 7. The van der Waals surface area contributed by atoms with Crippen LogP contribution in [0.15, 0.2) is 48.5 Å². The van der Waals surface area contributed by atoms with Crippen molar-refractivity contribution in [2.45, 2.75) is 18.9 Å². The second kappa shape index (κ2) is 8.83. The number of methoxy groups -OCH3 is 1. The number of para-hydroxylation sites is 1. The summed E-state index contributed by atoms with van der Waals surface area (Å²) in [7, 11) is 1.74. The molecule has 3 rings (SSSR count). The SMILES string of the molecule is COCCN1CCC(Oc2ccc(C(=N)c3ccccc3N)cc2)CC1. The van der Waals surface area contributed by atoms with Crippen molar-refractivity contribution in [1.29, 1.82) is 5.41 Å². The lowest BCUT2D eigenvalue weighted by molar-refractivity contribution is 0.0797. The van der Waals surface area contributed by atoms with Crippen molar-refractivity contribution in [3.8, 4) is 5.75 Å². The van der Waals surface area contributed by atoms with Crippen LogP contribution in [0.3, 0.4) is 0 Å². The van der Waals surface area contributed by atoms with Crippen LogP contribution < -0.4 is 10.5 Å². The van der Waals surface area contributed by atoms with Crippen molar-refractivity contribution in [2.24, 2.45) is 0 Å². The normalized spacial score (nSPS) is 15.7. The van der Waals surface area contributed by atoms with Gasteiger partial charge in [-0.15, -0.1) is 0 Å². The van der Waals surface area contributed by atoms with E-state index >= 15 is 0 Å². The second-order valence-corrected chi connectivity index (χ2v) is 6.64. The Morgan fingerprint density at radius 3 is 2.46 bits per heavy atom. The van der Waals surface area contributed by atoms with Gasteiger partial charge in [-0.2, -0.15) is 0 Å². The molecule has 138 valence electrons. The first-order valence-corrected chi connectivity index (χ1v) is 9.09. The molecule has 0 amide bonds. The summed E-state index contributed by atoms with van der Waals surface area (Å²) in [6.45, 7) is 3.86. The molecule has 2 aromatic carbocycles. The van der Waals surface area contributed by atoms with Gasteiger partial charge in [0.2, 0.25) is 0 Å². The smallest absolute Gasteiger partial charge is 0.119 e. The topological polar surface area (TPSA) is 71.6 Å². The minimum Gasteiger partial charge on any atom is -0.490 e. The molecule has 1 aliphatic heterocycles. The van der Waals surface area contributed by atoms with E-state index in [9.17, 15) is 0 Å². The van der Waals surface area contributed by atoms with Gasteiger partial charge in [0.25, 0.3) is 0 Å². The minimum atomic E-state index is 0.254. The van der Waals surface area contributed by atoms with Crippen LogP contribution in [0.2, 0.25) is 0 Å². The van der Waals surface area contributed by atoms with E-state index in [0.717, 1.165) is 56.0 Å². The molecule has 5 nitrogen and oxygen atoms in total. The second-order valence-electron chi connectivity index (χ2n) is 6.64. The molecule has 1 saturated heterocycles. The van der Waals surface area contributed by atoms with Crippen LogP contribution in [-0.2, 0) is 4.74 Å². The predicted octanol–water partition coefficient (Wildman–Crippen LogP) is 3.17. The predicted molar refractivity (Wildman–Crippen MR) is 105 cm³/mol. The Bertz CT molecular complexity index is 722. The standard InChI is InChI=1S/C21H27N3O2/c1-25-15-14-24-12-10-18(11-13-24)26-17-8-6-16(7-9-17)21(23)19-4-2-3-5-20(19)22/h2-9,18,23H,10-15,22H2,1H3. The van der Waals surface area contributed by atoms with Crippen LogP contribution in [0.4, 0.5) is 5.69 Å². The fourth-order valence-electron chi connectivity index (χ4n) is 3.24. The number of hydrogen-bond acceptors (Lipinski definition) is 5. The molecule has 0 saturated carbocycles. The fraction of sp³-hybridized carbons (Fsp3) is 0.381. The van der Waals surface area contributed by atoms with E-state index in [0.29, 0.717) is 11.4 Å². The van der Waals surface area contributed by atoms with Gasteiger partial charge in [0.05, 0.1) is 12.3 Å². The van der Waals surface area contributed by atoms with Gasteiger partial charge in [0.1, 0.15) is 11.9 Å². The van der Waals surface area contributed by atoms with Crippen molar-refractivity contribution in [1.82, 2.24) is 4.90 Å². The molecule has 0 atom stereocenters. The number of benzene rings is 2. The lowest BCUT2D eigenvalue weighted by Gasteiger charge is -2.31. The summed E-state index contributed by atoms with van der Waals surface area (Å²) in [5.41, 5.74) is 8.62. The Kier molecular flexibility index (Phi) is 6.26. The lowest BCUT2D eigenvalue weighted by Crippen LogP contribution is -2.39. The van der Waals surface area contributed by atoms with Crippen LogP contribution in [0.1, 0.15) is 24.0 Å². The zero-order chi connectivity index (χ0) is 18.4. The number of nitrogens with zero attached hydrogens (tertiary/aromatic N) is 1. The molecule has 1 heterocycles. The Hall–Kier alpha value is -2.37. The lowest BCUT2D eigenvalue weighted by atomic mass is 10.0. The van der Waals surface area contributed by atoms with Crippen molar-refractivity contribution in [3.63, 3.8) is 0 Å². The number of hydrogen-bond donors (Lipinski definition) is 2. The van der Waals surface area contributed by atoms with Crippen molar-refractivity contribution in [3.05, 3.63) is 59.7 Å². The van der Waals surface area contributed by atoms with Gasteiger partial charge in [0, 0.05) is 43.6 Å². The highest BCUT2D eigenvalue weighted by Gasteiger charge is 2.20. The van der Waals surface area contributed by atoms with Crippen molar-refractivity contribution in [2.75, 3.05) is 39.1 Å². The van der Waals surface area contributed by atoms with Crippen LogP contribution in [0, 0.1) is 5.41 Å². The molecule has 0 radical (unpaired) electrons. The van der Waals surface area contributed by atoms with Crippen LogP contribution in [-0.4, -0.2) is 50.1 Å². The van der Waals surface area contributed by atoms with E-state index < -0.39 is 0 Å². The molecule has 1 fully saturated rings. The first kappa shape index (κ1) is 18.4. The molecular weight excluding hydrogens is 326 g/mol. The highest BCUT2D eigenvalue weighted by Crippen LogP contribution is 2.22. The quantitative estimate of drug-likeness (QED) is 0.592. The summed E-state index contributed by atoms with van der Waals surface area (Å²) in [5, 5.41) is 8.38. The third-order valence-electron chi connectivity index (χ3n) is 4.82. The number of nitrogens with two attached hydrogens (primary N) is 1. The molecule has 0 aromatic heterocycles. The summed E-state index contributed by atoms with van der Waals surface area (Å²) in [5.74, 6) is 0.859. The Labute approximate surface area is 155 Å². The van der Waals surface area contributed by atoms with Crippen LogP contribution in [0.5, 0.6) is 5.75 Å². The van der Waals surface area contributed by atoms with E-state index in [2.05, 4.69) is 4.90 Å². The van der Waals surface area contributed by atoms with E-state index in [1.807, 2.05) is 48.5 Å². The number of piperidine rings is 1. The van der Waals surface area contributed by atoms with Gasteiger partial charge in [-0.05, 0) is 43.2 Å². The molecule has 0 bridgehead atoms. The van der Waals surface area contributed by atoms with E-state index in [4.69, 9.17) is 20.6 Å². The number of anilines is 1. The molecule has 5 heteroatoms. The first-order valence-electron chi connectivity index (χ1n) is 9.09. The highest BCUT2D eigenvalue weighted by atomic mass is 16.5. The molecule has 3 N–H and O–H groups in total. The molecular formula is C21H27N3O2. The van der Waals surface area contributed by atoms with Crippen LogP contribution >= 0.6 is 0 Å². The zero-order valence-corrected chi connectivity index (χ0v) is 15.3. The van der Waals surface area contributed by atoms with Gasteiger partial charge in [-0.25, -0.2) is 0 Å². The van der Waals surface area contributed by atoms with Gasteiger partial charge in [-0.3, -0.25) is 5.41 Å². The monoisotopic (exact) mass is 353 g/mol. The molecule has 1 aliphatic rings. The average molecular weight is 353 g/mol. The fourth-order valence-corrected chi connectivity index (χ4v) is 3.24. The van der Waals surface area contributed by atoms with Gasteiger partial charge in [-0.1, -0.05) is 18.2 Å². The Balaban J connectivity index is 1.55. The highest BCUT2D eigenvalue weighted by molar-refractivity contribution is 6.13. The maximum atomic E-state index is 8.38. The third kappa shape index (κ3) is 4.62. The van der Waals surface area contributed by atoms with Gasteiger partial charge < -0.3 is 20.1 Å². The summed E-state index contributed by atoms with van der Waals surface area (Å²) < 4.78 is 11.3. The van der Waals surface area contributed by atoms with Gasteiger partial charge >= 0.3 is 0 Å². The van der Waals surface area contributed by atoms with Crippen LogP contribution in [0.25, 0.3) is 0 Å². The number of likely N-dealkylation sites (tertiary alicyclic amines) is 1. The molecule has 26 heavy (non-hydrogen) atoms. The molecule has 0 spiro atoms. The zero-order valence-electron chi connectivity index (χ0n) is 15.3. The Morgan fingerprint density at radius 1 is 1.12 bits per heavy atom. The molecule has 2 aromatic rings. The third-order valence-corrected chi connectivity index (χ3v) is 4.82. The largest absolute Gasteiger partial charge is 0.490 e. The number of nitrogen functional groups attached to an aromatic ring is 1. The van der Waals surface area contributed by atoms with Crippen molar-refractivity contribution < 1.29 is 9.47 Å². The van der Waals surface area contributed by atoms with E-state index in [1.165, 1.54) is 0 Å². The number of ether oxygens (including phenoxy) is 2. The maximum Gasteiger partial charge on any atom is 0.119 e. The maximum absolute atomic E-state index is 8.38. The average Bonchev–Trinajstić information content (AvgIpc) is 2.68.